The molecule has 0 saturated carbocycles. The summed E-state index contributed by atoms with van der Waals surface area (Å²) in [5.74, 6) is -0.546. The maximum Gasteiger partial charge on any atom is 0.356 e. The first-order chi connectivity index (χ1) is 9.58. The predicted octanol–water partition coefficient (Wildman–Crippen LogP) is 0.737. The number of ether oxygens (including phenoxy) is 1. The van der Waals surface area contributed by atoms with Crippen LogP contribution in [0.5, 0.6) is 0 Å². The van der Waals surface area contributed by atoms with Gasteiger partial charge in [-0.1, -0.05) is 0 Å². The normalized spacial score (nSPS) is 18.1. The fraction of sp³-hybridized carbons (Fsp3) is 0.500. The van der Waals surface area contributed by atoms with Crippen molar-refractivity contribution in [2.75, 3.05) is 25.2 Å². The van der Waals surface area contributed by atoms with Crippen LogP contribution in [0.2, 0.25) is 0 Å². The average molecular weight is 281 g/mol. The van der Waals surface area contributed by atoms with E-state index in [-0.39, 0.29) is 29.8 Å². The van der Waals surface area contributed by atoms with Crippen LogP contribution >= 0.6 is 0 Å². The van der Waals surface area contributed by atoms with Gasteiger partial charge in [-0.3, -0.25) is 10.1 Å². The number of esters is 1. The van der Waals surface area contributed by atoms with Crippen LogP contribution in [-0.2, 0) is 4.74 Å². The van der Waals surface area contributed by atoms with E-state index in [1.165, 1.54) is 19.2 Å². The van der Waals surface area contributed by atoms with Crippen molar-refractivity contribution in [1.29, 1.82) is 0 Å². The van der Waals surface area contributed by atoms with Gasteiger partial charge in [-0.2, -0.15) is 0 Å². The summed E-state index contributed by atoms with van der Waals surface area (Å²) in [5.41, 5.74) is -0.172. The second kappa shape index (κ2) is 5.83. The van der Waals surface area contributed by atoms with Crippen LogP contribution in [0, 0.1) is 10.1 Å². The lowest BCUT2D eigenvalue weighted by atomic mass is 10.2. The minimum atomic E-state index is -0.652. The molecule has 1 aliphatic heterocycles. The maximum atomic E-state index is 11.5. The van der Waals surface area contributed by atoms with Gasteiger partial charge in [0, 0.05) is 12.6 Å². The number of hydrogen-bond donors (Lipinski definition) is 1. The quantitative estimate of drug-likeness (QED) is 0.492. The van der Waals surface area contributed by atoms with Crippen LogP contribution in [0.15, 0.2) is 12.1 Å². The third kappa shape index (κ3) is 2.55. The standard InChI is InChI=1S/C12H15N3O5/c1-20-12(17)9-4-5-10(15(18)19)11(13-9)14-6-2-3-8(14)7-16/h4-5,8,16H,2-3,6-7H2,1H3. The average Bonchev–Trinajstić information content (AvgIpc) is 2.93. The van der Waals surface area contributed by atoms with E-state index < -0.39 is 10.9 Å². The van der Waals surface area contributed by atoms with Gasteiger partial charge in [0.2, 0.25) is 5.82 Å². The van der Waals surface area contributed by atoms with E-state index in [1.807, 2.05) is 0 Å². The molecule has 0 aromatic carbocycles. The first kappa shape index (κ1) is 14.2. The number of aliphatic hydroxyl groups excluding tert-OH is 1. The molecule has 0 amide bonds. The van der Waals surface area contributed by atoms with Crippen LogP contribution in [0.4, 0.5) is 11.5 Å². The smallest absolute Gasteiger partial charge is 0.356 e. The van der Waals surface area contributed by atoms with Crippen molar-refractivity contribution in [2.24, 2.45) is 0 Å². The summed E-state index contributed by atoms with van der Waals surface area (Å²) >= 11 is 0. The molecule has 1 unspecified atom stereocenters. The molecule has 0 radical (unpaired) electrons. The monoisotopic (exact) mass is 281 g/mol. The third-order valence-electron chi connectivity index (χ3n) is 3.31. The molecule has 8 heteroatoms. The lowest BCUT2D eigenvalue weighted by Gasteiger charge is -2.23. The predicted molar refractivity (Wildman–Crippen MR) is 69.7 cm³/mol. The van der Waals surface area contributed by atoms with Gasteiger partial charge in [0.15, 0.2) is 5.69 Å². The molecule has 20 heavy (non-hydrogen) atoms. The molecular formula is C12H15N3O5. The highest BCUT2D eigenvalue weighted by molar-refractivity contribution is 5.88. The molecule has 1 aromatic rings. The fourth-order valence-electron chi connectivity index (χ4n) is 2.32. The lowest BCUT2D eigenvalue weighted by molar-refractivity contribution is -0.384. The van der Waals surface area contributed by atoms with Crippen LogP contribution in [0.25, 0.3) is 0 Å². The van der Waals surface area contributed by atoms with E-state index in [9.17, 15) is 20.0 Å². The number of hydrogen-bond acceptors (Lipinski definition) is 7. The second-order valence-electron chi connectivity index (χ2n) is 4.46. The van der Waals surface area contributed by atoms with Crippen molar-refractivity contribution >= 4 is 17.5 Å². The number of nitro groups is 1. The highest BCUT2D eigenvalue weighted by Gasteiger charge is 2.31. The van der Waals surface area contributed by atoms with Gasteiger partial charge >= 0.3 is 11.7 Å². The van der Waals surface area contributed by atoms with E-state index in [1.54, 1.807) is 4.90 Å². The van der Waals surface area contributed by atoms with Crippen LogP contribution in [-0.4, -0.2) is 47.3 Å². The van der Waals surface area contributed by atoms with Crippen LogP contribution in [0.3, 0.4) is 0 Å². The summed E-state index contributed by atoms with van der Waals surface area (Å²) in [6.45, 7) is 0.449. The Balaban J connectivity index is 2.46. The topological polar surface area (TPSA) is 106 Å². The van der Waals surface area contributed by atoms with Gasteiger partial charge in [0.1, 0.15) is 0 Å². The molecule has 0 spiro atoms. The van der Waals surface area contributed by atoms with Crippen molar-refractivity contribution in [3.63, 3.8) is 0 Å². The maximum absolute atomic E-state index is 11.5. The van der Waals surface area contributed by atoms with Crippen molar-refractivity contribution in [2.45, 2.75) is 18.9 Å². The summed E-state index contributed by atoms with van der Waals surface area (Å²) in [7, 11) is 1.22. The first-order valence-corrected chi connectivity index (χ1v) is 6.19. The Bertz CT molecular complexity index is 534. The molecule has 1 fully saturated rings. The van der Waals surface area contributed by atoms with Crippen LogP contribution in [0.1, 0.15) is 23.3 Å². The van der Waals surface area contributed by atoms with Crippen molar-refractivity contribution in [1.82, 2.24) is 4.98 Å². The van der Waals surface area contributed by atoms with Gasteiger partial charge < -0.3 is 14.7 Å². The Morgan fingerprint density at radius 1 is 1.65 bits per heavy atom. The SMILES string of the molecule is COC(=O)c1ccc([N+](=O)[O-])c(N2CCCC2CO)n1. The molecule has 8 nitrogen and oxygen atoms in total. The summed E-state index contributed by atoms with van der Waals surface area (Å²) in [5, 5.41) is 20.4. The van der Waals surface area contributed by atoms with Gasteiger partial charge in [0.05, 0.1) is 24.7 Å². The molecule has 108 valence electrons. The van der Waals surface area contributed by atoms with Gasteiger partial charge in [-0.15, -0.1) is 0 Å². The number of pyridine rings is 1. The van der Waals surface area contributed by atoms with Gasteiger partial charge in [-0.05, 0) is 18.9 Å². The lowest BCUT2D eigenvalue weighted by Crippen LogP contribution is -2.33. The number of aliphatic hydroxyl groups is 1. The molecule has 1 N–H and O–H groups in total. The van der Waals surface area contributed by atoms with Gasteiger partial charge in [0.25, 0.3) is 0 Å². The molecular weight excluding hydrogens is 266 g/mol. The number of nitrogens with zero attached hydrogens (tertiary/aromatic N) is 3. The summed E-state index contributed by atoms with van der Waals surface area (Å²) in [4.78, 5) is 27.7. The number of carbonyl (C=O) groups excluding carboxylic acids is 1. The molecule has 2 heterocycles. The van der Waals surface area contributed by atoms with E-state index >= 15 is 0 Å². The Hall–Kier alpha value is -2.22. The molecule has 2 rings (SSSR count). The minimum Gasteiger partial charge on any atom is -0.464 e. The van der Waals surface area contributed by atoms with Crippen molar-refractivity contribution < 1.29 is 19.6 Å². The first-order valence-electron chi connectivity index (χ1n) is 6.19. The number of methoxy groups -OCH3 is 1. The third-order valence-corrected chi connectivity index (χ3v) is 3.31. The number of anilines is 1. The molecule has 1 aliphatic rings. The van der Waals surface area contributed by atoms with Crippen molar-refractivity contribution in [3.05, 3.63) is 27.9 Å². The van der Waals surface area contributed by atoms with E-state index in [4.69, 9.17) is 0 Å². The fourth-order valence-corrected chi connectivity index (χ4v) is 2.32. The van der Waals surface area contributed by atoms with E-state index in [0.717, 1.165) is 12.8 Å². The summed E-state index contributed by atoms with van der Waals surface area (Å²) < 4.78 is 4.57. The van der Waals surface area contributed by atoms with E-state index in [2.05, 4.69) is 9.72 Å². The highest BCUT2D eigenvalue weighted by atomic mass is 16.6. The van der Waals surface area contributed by atoms with E-state index in [0.29, 0.717) is 6.54 Å². The Morgan fingerprint density at radius 2 is 2.40 bits per heavy atom. The number of aromatic nitrogens is 1. The molecule has 1 aromatic heterocycles. The Labute approximate surface area is 115 Å². The zero-order valence-electron chi connectivity index (χ0n) is 11.0. The Morgan fingerprint density at radius 3 is 3.00 bits per heavy atom. The summed E-state index contributed by atoms with van der Waals surface area (Å²) in [6.07, 6.45) is 1.55. The second-order valence-corrected chi connectivity index (χ2v) is 4.46. The zero-order valence-corrected chi connectivity index (χ0v) is 11.0. The number of rotatable bonds is 4. The minimum absolute atomic E-state index is 0.0108. The summed E-state index contributed by atoms with van der Waals surface area (Å²) in [6, 6.07) is 2.29. The highest BCUT2D eigenvalue weighted by Crippen LogP contribution is 2.31. The van der Waals surface area contributed by atoms with Crippen LogP contribution < -0.4 is 4.90 Å². The molecule has 1 saturated heterocycles. The van der Waals surface area contributed by atoms with Gasteiger partial charge in [-0.25, -0.2) is 9.78 Å². The molecule has 0 aliphatic carbocycles. The zero-order chi connectivity index (χ0) is 14.7. The molecule has 0 bridgehead atoms. The van der Waals surface area contributed by atoms with Crippen molar-refractivity contribution in [3.8, 4) is 0 Å². The largest absolute Gasteiger partial charge is 0.464 e. The molecule has 1 atom stereocenters. The number of carbonyl (C=O) groups is 1. The Kier molecular flexibility index (Phi) is 4.14.